The average Bonchev–Trinajstić information content (AvgIpc) is 2.33. The Morgan fingerprint density at radius 1 is 1.56 bits per heavy atom. The number of carbonyl (C=O) groups excluding carboxylic acids is 1. The Hall–Kier alpha value is -0.750. The predicted octanol–water partition coefficient (Wildman–Crippen LogP) is 0.130. The van der Waals surface area contributed by atoms with Crippen LogP contribution in [0.25, 0.3) is 0 Å². The topological polar surface area (TPSA) is 77.8 Å². The van der Waals surface area contributed by atoms with E-state index in [0.29, 0.717) is 0 Å². The first kappa shape index (κ1) is 11.7. The zero-order valence-electron chi connectivity index (χ0n) is 9.38. The molecule has 2 saturated heterocycles. The number of carbonyl (C=O) groups is 2. The van der Waals surface area contributed by atoms with E-state index in [1.807, 2.05) is 13.8 Å². The van der Waals surface area contributed by atoms with Crippen molar-refractivity contribution in [2.75, 3.05) is 0 Å². The van der Waals surface area contributed by atoms with Crippen LogP contribution in [0.4, 0.5) is 0 Å². The second-order valence-corrected chi connectivity index (χ2v) is 6.64. The number of rotatable bonds is 2. The Balaban J connectivity index is 2.28. The SMILES string of the molecule is C[C@@H](O)[C@@H]1C(=O)N2[C@@H]1SC(C)(C)[C@@H]2C(=O)O. The Bertz CT molecular complexity index is 355. The maximum atomic E-state index is 11.8. The van der Waals surface area contributed by atoms with Crippen LogP contribution >= 0.6 is 11.8 Å². The minimum atomic E-state index is -0.975. The molecule has 1 amide bonds. The summed E-state index contributed by atoms with van der Waals surface area (Å²) in [4.78, 5) is 24.3. The lowest BCUT2D eigenvalue weighted by Gasteiger charge is -2.44. The van der Waals surface area contributed by atoms with Gasteiger partial charge in [-0.2, -0.15) is 0 Å². The van der Waals surface area contributed by atoms with Gasteiger partial charge in [0.2, 0.25) is 5.91 Å². The molecule has 0 aromatic carbocycles. The molecule has 5 nitrogen and oxygen atoms in total. The van der Waals surface area contributed by atoms with Gasteiger partial charge in [-0.1, -0.05) is 0 Å². The van der Waals surface area contributed by atoms with Crippen LogP contribution in [-0.4, -0.2) is 49.3 Å². The van der Waals surface area contributed by atoms with Gasteiger partial charge in [0.25, 0.3) is 0 Å². The van der Waals surface area contributed by atoms with Gasteiger partial charge in [-0.25, -0.2) is 4.79 Å². The highest BCUT2D eigenvalue weighted by Gasteiger charge is 2.64. The van der Waals surface area contributed by atoms with Crippen molar-refractivity contribution in [2.45, 2.75) is 43.0 Å². The summed E-state index contributed by atoms with van der Waals surface area (Å²) < 4.78 is -0.504. The largest absolute Gasteiger partial charge is 0.480 e. The number of aliphatic hydroxyl groups excluding tert-OH is 1. The van der Waals surface area contributed by atoms with Crippen molar-refractivity contribution < 1.29 is 19.8 Å². The minimum absolute atomic E-state index is 0.191. The fourth-order valence-electron chi connectivity index (χ4n) is 2.49. The van der Waals surface area contributed by atoms with Gasteiger partial charge in [0, 0.05) is 4.75 Å². The molecule has 0 aromatic rings. The van der Waals surface area contributed by atoms with Crippen LogP contribution in [0, 0.1) is 5.92 Å². The van der Waals surface area contributed by atoms with Crippen LogP contribution < -0.4 is 0 Å². The summed E-state index contributed by atoms with van der Waals surface area (Å²) in [6.07, 6.45) is -0.718. The Kier molecular flexibility index (Phi) is 2.47. The molecule has 6 heteroatoms. The number of carboxylic acids is 1. The van der Waals surface area contributed by atoms with Crippen molar-refractivity contribution in [3.05, 3.63) is 0 Å². The maximum absolute atomic E-state index is 11.8. The van der Waals surface area contributed by atoms with E-state index in [1.54, 1.807) is 6.92 Å². The van der Waals surface area contributed by atoms with E-state index in [-0.39, 0.29) is 11.3 Å². The summed E-state index contributed by atoms with van der Waals surface area (Å²) in [6.45, 7) is 5.21. The van der Waals surface area contributed by atoms with Gasteiger partial charge in [-0.3, -0.25) is 4.79 Å². The number of fused-ring (bicyclic) bond motifs is 1. The van der Waals surface area contributed by atoms with E-state index in [9.17, 15) is 14.7 Å². The van der Waals surface area contributed by atoms with Crippen LogP contribution in [-0.2, 0) is 9.59 Å². The number of amides is 1. The van der Waals surface area contributed by atoms with E-state index < -0.39 is 28.8 Å². The number of aliphatic carboxylic acids is 1. The average molecular weight is 245 g/mol. The van der Waals surface area contributed by atoms with Crippen LogP contribution in [0.15, 0.2) is 0 Å². The lowest BCUT2D eigenvalue weighted by Crippen LogP contribution is -2.65. The number of nitrogens with zero attached hydrogens (tertiary/aromatic N) is 1. The van der Waals surface area contributed by atoms with E-state index in [4.69, 9.17) is 5.11 Å². The van der Waals surface area contributed by atoms with Gasteiger partial charge < -0.3 is 15.1 Å². The van der Waals surface area contributed by atoms with Crippen LogP contribution in [0.3, 0.4) is 0 Å². The number of hydrogen-bond acceptors (Lipinski definition) is 4. The zero-order valence-corrected chi connectivity index (χ0v) is 10.2. The summed E-state index contributed by atoms with van der Waals surface area (Å²) >= 11 is 1.46. The van der Waals surface area contributed by atoms with Crippen LogP contribution in [0.5, 0.6) is 0 Å². The second kappa shape index (κ2) is 3.37. The van der Waals surface area contributed by atoms with Crippen molar-refractivity contribution in [3.63, 3.8) is 0 Å². The molecule has 0 unspecified atom stereocenters. The minimum Gasteiger partial charge on any atom is -0.480 e. The molecule has 0 aromatic heterocycles. The summed E-state index contributed by atoms with van der Waals surface area (Å²) in [5.41, 5.74) is 0. The van der Waals surface area contributed by atoms with Crippen molar-refractivity contribution in [2.24, 2.45) is 5.92 Å². The van der Waals surface area contributed by atoms with Gasteiger partial charge in [-0.05, 0) is 20.8 Å². The van der Waals surface area contributed by atoms with Crippen molar-refractivity contribution in [3.8, 4) is 0 Å². The molecular formula is C10H15NO4S. The highest BCUT2D eigenvalue weighted by atomic mass is 32.2. The molecule has 0 bridgehead atoms. The molecule has 0 radical (unpaired) electrons. The Morgan fingerprint density at radius 2 is 2.12 bits per heavy atom. The molecule has 2 fully saturated rings. The Labute approximate surface area is 97.8 Å². The van der Waals surface area contributed by atoms with Crippen molar-refractivity contribution in [1.82, 2.24) is 4.90 Å². The maximum Gasteiger partial charge on any atom is 0.327 e. The molecule has 4 atom stereocenters. The molecule has 90 valence electrons. The Morgan fingerprint density at radius 3 is 2.56 bits per heavy atom. The van der Waals surface area contributed by atoms with Gasteiger partial charge >= 0.3 is 5.97 Å². The highest BCUT2D eigenvalue weighted by Crippen LogP contribution is 2.53. The van der Waals surface area contributed by atoms with Crippen LogP contribution in [0.1, 0.15) is 20.8 Å². The third-order valence-electron chi connectivity index (χ3n) is 3.24. The fraction of sp³-hybridized carbons (Fsp3) is 0.800. The molecule has 0 spiro atoms. The van der Waals surface area contributed by atoms with Crippen molar-refractivity contribution in [1.29, 1.82) is 0 Å². The number of aliphatic hydroxyl groups is 1. The van der Waals surface area contributed by atoms with E-state index in [1.165, 1.54) is 16.7 Å². The first-order chi connectivity index (χ1) is 7.27. The molecule has 0 aliphatic carbocycles. The highest BCUT2D eigenvalue weighted by molar-refractivity contribution is 8.01. The third-order valence-corrected chi connectivity index (χ3v) is 4.83. The van der Waals surface area contributed by atoms with E-state index >= 15 is 0 Å². The third kappa shape index (κ3) is 1.36. The molecule has 0 saturated carbocycles. The van der Waals surface area contributed by atoms with E-state index in [0.717, 1.165) is 0 Å². The zero-order chi connectivity index (χ0) is 12.2. The molecule has 2 heterocycles. The molecular weight excluding hydrogens is 230 g/mol. The normalized spacial score (nSPS) is 37.9. The van der Waals surface area contributed by atoms with Crippen molar-refractivity contribution >= 4 is 23.6 Å². The lowest BCUT2D eigenvalue weighted by molar-refractivity contribution is -0.168. The number of β-lactam (4-membered cyclic amide) rings is 1. The lowest BCUT2D eigenvalue weighted by atomic mass is 9.88. The van der Waals surface area contributed by atoms with E-state index in [2.05, 4.69) is 0 Å². The van der Waals surface area contributed by atoms with Gasteiger partial charge in [-0.15, -0.1) is 11.8 Å². The first-order valence-electron chi connectivity index (χ1n) is 5.18. The van der Waals surface area contributed by atoms with Gasteiger partial charge in [0.05, 0.1) is 17.4 Å². The fourth-order valence-corrected chi connectivity index (χ4v) is 4.28. The second-order valence-electron chi connectivity index (χ2n) is 4.86. The standard InChI is InChI=1S/C10H15NO4S/c1-4(12)5-7(13)11-6(9(14)15)10(2,3)16-8(5)11/h4-6,8,12H,1-3H3,(H,14,15)/t4-,5-,6+,8-/m1/s1. The molecule has 16 heavy (non-hydrogen) atoms. The molecule has 2 N–H and O–H groups in total. The smallest absolute Gasteiger partial charge is 0.327 e. The van der Waals surface area contributed by atoms with Gasteiger partial charge in [0.1, 0.15) is 6.04 Å². The summed E-state index contributed by atoms with van der Waals surface area (Å²) in [6, 6.07) is -0.787. The molecule has 2 aliphatic rings. The summed E-state index contributed by atoms with van der Waals surface area (Å²) in [7, 11) is 0. The summed E-state index contributed by atoms with van der Waals surface area (Å²) in [5, 5.41) is 18.4. The quantitative estimate of drug-likeness (QED) is 0.676. The number of carboxylic acid groups (broad SMARTS) is 1. The number of hydrogen-bond donors (Lipinski definition) is 2. The summed E-state index contributed by atoms with van der Waals surface area (Å²) in [5.74, 6) is -1.67. The predicted molar refractivity (Wildman–Crippen MR) is 58.9 cm³/mol. The number of thioether (sulfide) groups is 1. The monoisotopic (exact) mass is 245 g/mol. The van der Waals surface area contributed by atoms with Gasteiger partial charge in [0.15, 0.2) is 0 Å². The molecule has 2 aliphatic heterocycles. The molecule has 2 rings (SSSR count). The van der Waals surface area contributed by atoms with Crippen LogP contribution in [0.2, 0.25) is 0 Å². The first-order valence-corrected chi connectivity index (χ1v) is 6.06.